The third kappa shape index (κ3) is 3.09. The summed E-state index contributed by atoms with van der Waals surface area (Å²) in [6.45, 7) is 0. The Labute approximate surface area is 141 Å². The summed E-state index contributed by atoms with van der Waals surface area (Å²) < 4.78 is 33.8. The van der Waals surface area contributed by atoms with Crippen LogP contribution in [0.2, 0.25) is 5.02 Å². The largest absolute Gasteiger partial charge is 0.495 e. The number of hydrogen-bond acceptors (Lipinski definition) is 3. The monoisotopic (exact) mass is 351 g/mol. The van der Waals surface area contributed by atoms with Crippen molar-refractivity contribution < 1.29 is 13.2 Å². The van der Waals surface area contributed by atoms with Crippen molar-refractivity contribution in [1.29, 1.82) is 0 Å². The zero-order valence-electron chi connectivity index (χ0n) is 12.8. The van der Waals surface area contributed by atoms with Gasteiger partial charge < -0.3 is 4.74 Å². The zero-order valence-corrected chi connectivity index (χ0v) is 14.3. The number of rotatable bonds is 5. The van der Waals surface area contributed by atoms with Crippen LogP contribution in [0.4, 0.5) is 0 Å². The highest BCUT2D eigenvalue weighted by Crippen LogP contribution is 2.43. The van der Waals surface area contributed by atoms with Crippen LogP contribution in [0.25, 0.3) is 0 Å². The van der Waals surface area contributed by atoms with Gasteiger partial charge in [-0.3, -0.25) is 0 Å². The lowest BCUT2D eigenvalue weighted by atomic mass is 9.73. The standard InChI is InChI=1S/C17H18ClNO3S/c1-22-15-9-8-14(18)12-16(15)23(20,21)19-17(10-5-11-17)13-6-3-2-4-7-13/h2-4,6-9,12,19H,5,10-11H2,1H3. The molecule has 0 radical (unpaired) electrons. The number of benzene rings is 2. The van der Waals surface area contributed by atoms with Crippen molar-refractivity contribution in [1.82, 2.24) is 4.72 Å². The van der Waals surface area contributed by atoms with Crippen LogP contribution in [0.1, 0.15) is 24.8 Å². The average Bonchev–Trinajstić information content (AvgIpc) is 2.52. The third-order valence-electron chi connectivity index (χ3n) is 4.28. The van der Waals surface area contributed by atoms with E-state index < -0.39 is 15.6 Å². The van der Waals surface area contributed by atoms with Crippen molar-refractivity contribution in [3.8, 4) is 5.75 Å². The molecule has 3 rings (SSSR count). The Kier molecular flexibility index (Phi) is 4.36. The highest BCUT2D eigenvalue weighted by Gasteiger charge is 2.42. The molecule has 1 saturated carbocycles. The minimum atomic E-state index is -3.75. The van der Waals surface area contributed by atoms with E-state index in [1.807, 2.05) is 30.3 Å². The Balaban J connectivity index is 2.00. The molecule has 0 spiro atoms. The van der Waals surface area contributed by atoms with Crippen LogP contribution in [0.15, 0.2) is 53.4 Å². The SMILES string of the molecule is COc1ccc(Cl)cc1S(=O)(=O)NC1(c2ccccc2)CCC1. The smallest absolute Gasteiger partial charge is 0.245 e. The molecule has 2 aromatic carbocycles. The molecule has 0 unspecified atom stereocenters. The van der Waals surface area contributed by atoms with Crippen LogP contribution >= 0.6 is 11.6 Å². The molecule has 1 aliphatic rings. The normalized spacial score (nSPS) is 16.6. The average molecular weight is 352 g/mol. The number of methoxy groups -OCH3 is 1. The second kappa shape index (κ2) is 6.15. The highest BCUT2D eigenvalue weighted by atomic mass is 35.5. The van der Waals surface area contributed by atoms with E-state index in [4.69, 9.17) is 16.3 Å². The van der Waals surface area contributed by atoms with Gasteiger partial charge in [-0.05, 0) is 43.0 Å². The fourth-order valence-electron chi connectivity index (χ4n) is 2.91. The van der Waals surface area contributed by atoms with Gasteiger partial charge in [-0.2, -0.15) is 0 Å². The van der Waals surface area contributed by atoms with Gasteiger partial charge in [0.15, 0.2) is 0 Å². The second-order valence-electron chi connectivity index (χ2n) is 5.70. The van der Waals surface area contributed by atoms with Gasteiger partial charge in [-0.1, -0.05) is 41.9 Å². The van der Waals surface area contributed by atoms with E-state index in [0.29, 0.717) is 5.02 Å². The summed E-state index contributed by atoms with van der Waals surface area (Å²) in [5.41, 5.74) is 0.434. The molecular formula is C17H18ClNO3S. The summed E-state index contributed by atoms with van der Waals surface area (Å²) in [7, 11) is -2.31. The first-order chi connectivity index (χ1) is 11.0. The Hall–Kier alpha value is -1.56. The van der Waals surface area contributed by atoms with E-state index in [1.165, 1.54) is 13.2 Å². The van der Waals surface area contributed by atoms with Gasteiger partial charge in [0.2, 0.25) is 10.0 Å². The van der Waals surface area contributed by atoms with Gasteiger partial charge in [0, 0.05) is 5.02 Å². The molecule has 0 bridgehead atoms. The van der Waals surface area contributed by atoms with E-state index in [9.17, 15) is 8.42 Å². The summed E-state index contributed by atoms with van der Waals surface area (Å²) in [6.07, 6.45) is 2.54. The van der Waals surface area contributed by atoms with E-state index in [1.54, 1.807) is 12.1 Å². The molecular weight excluding hydrogens is 334 g/mol. The Morgan fingerprint density at radius 3 is 2.39 bits per heavy atom. The Morgan fingerprint density at radius 1 is 1.13 bits per heavy atom. The van der Waals surface area contributed by atoms with Crippen molar-refractivity contribution >= 4 is 21.6 Å². The molecule has 2 aromatic rings. The second-order valence-corrected chi connectivity index (χ2v) is 7.79. The number of ether oxygens (including phenoxy) is 1. The quantitative estimate of drug-likeness (QED) is 0.893. The van der Waals surface area contributed by atoms with Crippen molar-refractivity contribution in [3.63, 3.8) is 0 Å². The van der Waals surface area contributed by atoms with Crippen LogP contribution < -0.4 is 9.46 Å². The zero-order chi connectivity index (χ0) is 16.5. The van der Waals surface area contributed by atoms with Crippen LogP contribution in [0, 0.1) is 0 Å². The van der Waals surface area contributed by atoms with Crippen LogP contribution in [0.5, 0.6) is 5.75 Å². The lowest BCUT2D eigenvalue weighted by molar-refractivity contribution is 0.224. The summed E-state index contributed by atoms with van der Waals surface area (Å²) in [6, 6.07) is 14.3. The first kappa shape index (κ1) is 16.3. The lowest BCUT2D eigenvalue weighted by Gasteiger charge is -2.42. The van der Waals surface area contributed by atoms with E-state index in [-0.39, 0.29) is 10.6 Å². The van der Waals surface area contributed by atoms with Crippen molar-refractivity contribution in [2.75, 3.05) is 7.11 Å². The lowest BCUT2D eigenvalue weighted by Crippen LogP contribution is -2.50. The van der Waals surface area contributed by atoms with Crippen LogP contribution in [-0.4, -0.2) is 15.5 Å². The predicted octanol–water partition coefficient (Wildman–Crippen LogP) is 3.71. The third-order valence-corrected chi connectivity index (χ3v) is 6.07. The first-order valence-electron chi connectivity index (χ1n) is 7.40. The molecule has 0 aliphatic heterocycles. The van der Waals surface area contributed by atoms with Crippen LogP contribution in [-0.2, 0) is 15.6 Å². The summed E-state index contributed by atoms with van der Waals surface area (Å²) >= 11 is 5.97. The molecule has 1 aliphatic carbocycles. The van der Waals surface area contributed by atoms with Gasteiger partial charge in [0.1, 0.15) is 10.6 Å². The topological polar surface area (TPSA) is 55.4 Å². The van der Waals surface area contributed by atoms with Crippen molar-refractivity contribution in [3.05, 3.63) is 59.1 Å². The molecule has 1 N–H and O–H groups in total. The molecule has 0 atom stereocenters. The van der Waals surface area contributed by atoms with E-state index >= 15 is 0 Å². The van der Waals surface area contributed by atoms with Gasteiger partial charge in [-0.15, -0.1) is 0 Å². The van der Waals surface area contributed by atoms with Gasteiger partial charge >= 0.3 is 0 Å². The first-order valence-corrected chi connectivity index (χ1v) is 9.26. The van der Waals surface area contributed by atoms with E-state index in [0.717, 1.165) is 24.8 Å². The molecule has 122 valence electrons. The maximum absolute atomic E-state index is 12.9. The molecule has 23 heavy (non-hydrogen) atoms. The predicted molar refractivity (Wildman–Crippen MR) is 90.3 cm³/mol. The molecule has 4 nitrogen and oxygen atoms in total. The molecule has 0 amide bonds. The number of sulfonamides is 1. The Morgan fingerprint density at radius 2 is 1.83 bits per heavy atom. The maximum atomic E-state index is 12.9. The van der Waals surface area contributed by atoms with Crippen LogP contribution in [0.3, 0.4) is 0 Å². The fourth-order valence-corrected chi connectivity index (χ4v) is 4.79. The minimum Gasteiger partial charge on any atom is -0.495 e. The number of nitrogens with one attached hydrogen (secondary N) is 1. The number of halogens is 1. The van der Waals surface area contributed by atoms with Crippen molar-refractivity contribution in [2.24, 2.45) is 0 Å². The molecule has 0 heterocycles. The number of hydrogen-bond donors (Lipinski definition) is 1. The molecule has 0 saturated heterocycles. The molecule has 1 fully saturated rings. The summed E-state index contributed by atoms with van der Waals surface area (Å²) in [5, 5.41) is 0.355. The van der Waals surface area contributed by atoms with Gasteiger partial charge in [-0.25, -0.2) is 13.1 Å². The fraction of sp³-hybridized carbons (Fsp3) is 0.294. The van der Waals surface area contributed by atoms with Crippen molar-refractivity contribution in [2.45, 2.75) is 29.7 Å². The Bertz CT molecular complexity index is 802. The van der Waals surface area contributed by atoms with E-state index in [2.05, 4.69) is 4.72 Å². The molecule has 6 heteroatoms. The summed E-state index contributed by atoms with van der Waals surface area (Å²) in [5.74, 6) is 0.282. The highest BCUT2D eigenvalue weighted by molar-refractivity contribution is 7.89. The maximum Gasteiger partial charge on any atom is 0.245 e. The van der Waals surface area contributed by atoms with Gasteiger partial charge in [0.25, 0.3) is 0 Å². The van der Waals surface area contributed by atoms with Gasteiger partial charge in [0.05, 0.1) is 12.6 Å². The summed E-state index contributed by atoms with van der Waals surface area (Å²) in [4.78, 5) is 0.0645. The minimum absolute atomic E-state index is 0.0645. The molecule has 0 aromatic heterocycles.